The predicted molar refractivity (Wildman–Crippen MR) is 112 cm³/mol. The van der Waals surface area contributed by atoms with E-state index in [-0.39, 0.29) is 12.5 Å². The van der Waals surface area contributed by atoms with Gasteiger partial charge in [-0.2, -0.15) is 0 Å². The summed E-state index contributed by atoms with van der Waals surface area (Å²) < 4.78 is 0. The van der Waals surface area contributed by atoms with Gasteiger partial charge in [0.2, 0.25) is 5.91 Å². The Hall–Kier alpha value is -1.98. The molecule has 0 spiro atoms. The number of para-hydroxylation sites is 1. The Morgan fingerprint density at radius 1 is 1.04 bits per heavy atom. The summed E-state index contributed by atoms with van der Waals surface area (Å²) in [5.41, 5.74) is 3.83. The molecule has 144 valence electrons. The van der Waals surface area contributed by atoms with Crippen molar-refractivity contribution in [1.82, 2.24) is 4.90 Å². The first-order valence-electron chi connectivity index (χ1n) is 9.56. The van der Waals surface area contributed by atoms with Crippen LogP contribution in [0.15, 0.2) is 52.3 Å². The second-order valence-electron chi connectivity index (χ2n) is 7.03. The molecule has 1 heterocycles. The number of aryl methyl sites for hydroxylation is 2. The zero-order valence-electron chi connectivity index (χ0n) is 16.1. The zero-order chi connectivity index (χ0) is 19.2. The van der Waals surface area contributed by atoms with Gasteiger partial charge in [-0.25, -0.2) is 0 Å². The molecule has 2 aromatic carbocycles. The van der Waals surface area contributed by atoms with Crippen molar-refractivity contribution in [3.05, 3.63) is 53.6 Å². The lowest BCUT2D eigenvalue weighted by Crippen LogP contribution is -2.48. The van der Waals surface area contributed by atoms with Crippen molar-refractivity contribution in [2.75, 3.05) is 37.7 Å². The molecule has 4 nitrogen and oxygen atoms in total. The SMILES string of the molecule is Cc1ccc(Sc2ccccc2N2CCN(C(=O)CCCO)CC2)c(C)c1. The van der Waals surface area contributed by atoms with Crippen LogP contribution < -0.4 is 4.90 Å². The normalized spacial score (nSPS) is 14.5. The number of benzene rings is 2. The maximum atomic E-state index is 12.2. The maximum Gasteiger partial charge on any atom is 0.222 e. The van der Waals surface area contributed by atoms with E-state index in [2.05, 4.69) is 61.2 Å². The van der Waals surface area contributed by atoms with Crippen LogP contribution in [0.3, 0.4) is 0 Å². The van der Waals surface area contributed by atoms with Crippen LogP contribution in [0.2, 0.25) is 0 Å². The Bertz CT molecular complexity index is 786. The van der Waals surface area contributed by atoms with Crippen LogP contribution in [-0.2, 0) is 4.79 Å². The average molecular weight is 385 g/mol. The summed E-state index contributed by atoms with van der Waals surface area (Å²) in [6.07, 6.45) is 0.990. The Morgan fingerprint density at radius 2 is 1.78 bits per heavy atom. The average Bonchev–Trinajstić information content (AvgIpc) is 2.69. The molecule has 3 rings (SSSR count). The molecular weight excluding hydrogens is 356 g/mol. The van der Waals surface area contributed by atoms with E-state index in [9.17, 15) is 4.79 Å². The highest BCUT2D eigenvalue weighted by molar-refractivity contribution is 7.99. The van der Waals surface area contributed by atoms with E-state index < -0.39 is 0 Å². The van der Waals surface area contributed by atoms with Gasteiger partial charge in [0.25, 0.3) is 0 Å². The third-order valence-electron chi connectivity index (χ3n) is 4.94. The first-order valence-corrected chi connectivity index (χ1v) is 10.4. The highest BCUT2D eigenvalue weighted by Crippen LogP contribution is 2.37. The number of hydrogen-bond acceptors (Lipinski definition) is 4. The molecule has 0 aliphatic carbocycles. The fourth-order valence-corrected chi connectivity index (χ4v) is 4.46. The molecule has 1 amide bonds. The van der Waals surface area contributed by atoms with Gasteiger partial charge in [0, 0.05) is 49.0 Å². The van der Waals surface area contributed by atoms with Crippen molar-refractivity contribution >= 4 is 23.4 Å². The van der Waals surface area contributed by atoms with Crippen LogP contribution in [0.5, 0.6) is 0 Å². The van der Waals surface area contributed by atoms with Crippen molar-refractivity contribution in [2.45, 2.75) is 36.5 Å². The second kappa shape index (κ2) is 9.29. The van der Waals surface area contributed by atoms with Gasteiger partial charge < -0.3 is 14.9 Å². The van der Waals surface area contributed by atoms with Crippen molar-refractivity contribution in [3.8, 4) is 0 Å². The number of hydrogen-bond donors (Lipinski definition) is 1. The number of anilines is 1. The lowest BCUT2D eigenvalue weighted by Gasteiger charge is -2.37. The molecule has 1 aliphatic heterocycles. The van der Waals surface area contributed by atoms with E-state index in [4.69, 9.17) is 5.11 Å². The summed E-state index contributed by atoms with van der Waals surface area (Å²) in [6, 6.07) is 15.1. The minimum absolute atomic E-state index is 0.0781. The number of carbonyl (C=O) groups is 1. The second-order valence-corrected chi connectivity index (χ2v) is 8.12. The third-order valence-corrected chi connectivity index (χ3v) is 6.18. The van der Waals surface area contributed by atoms with Crippen LogP contribution in [0.4, 0.5) is 5.69 Å². The summed E-state index contributed by atoms with van der Waals surface area (Å²) >= 11 is 1.81. The molecule has 2 aromatic rings. The van der Waals surface area contributed by atoms with Crippen LogP contribution in [0.25, 0.3) is 0 Å². The Balaban J connectivity index is 1.69. The quantitative estimate of drug-likeness (QED) is 0.821. The molecule has 0 aromatic heterocycles. The predicted octanol–water partition coefficient (Wildman–Crippen LogP) is 3.88. The molecule has 0 unspecified atom stereocenters. The number of piperazine rings is 1. The summed E-state index contributed by atoms with van der Waals surface area (Å²) in [5.74, 6) is 0.154. The molecule has 1 saturated heterocycles. The van der Waals surface area contributed by atoms with Crippen molar-refractivity contribution in [3.63, 3.8) is 0 Å². The summed E-state index contributed by atoms with van der Waals surface area (Å²) in [5, 5.41) is 8.91. The summed E-state index contributed by atoms with van der Waals surface area (Å²) in [6.45, 7) is 7.53. The maximum absolute atomic E-state index is 12.2. The summed E-state index contributed by atoms with van der Waals surface area (Å²) in [4.78, 5) is 19.0. The van der Waals surface area contributed by atoms with E-state index in [1.807, 2.05) is 16.7 Å². The number of amides is 1. The van der Waals surface area contributed by atoms with Gasteiger partial charge in [0.05, 0.1) is 5.69 Å². The van der Waals surface area contributed by atoms with Gasteiger partial charge in [-0.3, -0.25) is 4.79 Å². The van der Waals surface area contributed by atoms with Gasteiger partial charge in [0.15, 0.2) is 0 Å². The number of nitrogens with zero attached hydrogens (tertiary/aromatic N) is 2. The van der Waals surface area contributed by atoms with Gasteiger partial charge in [-0.1, -0.05) is 41.6 Å². The molecule has 1 aliphatic rings. The van der Waals surface area contributed by atoms with Crippen molar-refractivity contribution in [1.29, 1.82) is 0 Å². The fourth-order valence-electron chi connectivity index (χ4n) is 3.42. The monoisotopic (exact) mass is 384 g/mol. The first kappa shape index (κ1) is 19.8. The number of aliphatic hydroxyl groups excluding tert-OH is 1. The number of aliphatic hydroxyl groups is 1. The zero-order valence-corrected chi connectivity index (χ0v) is 17.0. The minimum atomic E-state index is 0.0781. The fraction of sp³-hybridized carbons (Fsp3) is 0.409. The lowest BCUT2D eigenvalue weighted by atomic mass is 10.2. The largest absolute Gasteiger partial charge is 0.396 e. The highest BCUT2D eigenvalue weighted by Gasteiger charge is 2.22. The molecule has 27 heavy (non-hydrogen) atoms. The molecule has 1 N–H and O–H groups in total. The Labute approximate surface area is 166 Å². The first-order chi connectivity index (χ1) is 13.1. The summed E-state index contributed by atoms with van der Waals surface area (Å²) in [7, 11) is 0. The minimum Gasteiger partial charge on any atom is -0.396 e. The van der Waals surface area contributed by atoms with Crippen LogP contribution in [-0.4, -0.2) is 48.7 Å². The van der Waals surface area contributed by atoms with Crippen LogP contribution >= 0.6 is 11.8 Å². The highest BCUT2D eigenvalue weighted by atomic mass is 32.2. The molecular formula is C22H28N2O2S. The number of carbonyl (C=O) groups excluding carboxylic acids is 1. The number of rotatable bonds is 6. The topological polar surface area (TPSA) is 43.8 Å². The molecule has 0 saturated carbocycles. The van der Waals surface area contributed by atoms with E-state index in [0.29, 0.717) is 12.8 Å². The lowest BCUT2D eigenvalue weighted by molar-refractivity contribution is -0.131. The van der Waals surface area contributed by atoms with E-state index in [1.54, 1.807) is 0 Å². The molecule has 5 heteroatoms. The van der Waals surface area contributed by atoms with Gasteiger partial charge in [-0.05, 0) is 44.0 Å². The van der Waals surface area contributed by atoms with Crippen molar-refractivity contribution in [2.24, 2.45) is 0 Å². The smallest absolute Gasteiger partial charge is 0.222 e. The van der Waals surface area contributed by atoms with Gasteiger partial charge in [-0.15, -0.1) is 0 Å². The standard InChI is InChI=1S/C22H28N2O2S/c1-17-9-10-20(18(2)16-17)27-21-7-4-3-6-19(21)23-11-13-24(14-12-23)22(26)8-5-15-25/h3-4,6-7,9-10,16,25H,5,8,11-15H2,1-2H3. The Morgan fingerprint density at radius 3 is 2.48 bits per heavy atom. The van der Waals surface area contributed by atoms with E-state index >= 15 is 0 Å². The molecule has 0 bridgehead atoms. The molecule has 0 radical (unpaired) electrons. The van der Waals surface area contributed by atoms with E-state index in [0.717, 1.165) is 26.2 Å². The third kappa shape index (κ3) is 5.05. The molecule has 1 fully saturated rings. The van der Waals surface area contributed by atoms with Crippen LogP contribution in [0.1, 0.15) is 24.0 Å². The Kier molecular flexibility index (Phi) is 6.80. The van der Waals surface area contributed by atoms with Crippen molar-refractivity contribution < 1.29 is 9.90 Å². The van der Waals surface area contributed by atoms with E-state index in [1.165, 1.54) is 26.6 Å². The van der Waals surface area contributed by atoms with Crippen LogP contribution in [0, 0.1) is 13.8 Å². The molecule has 0 atom stereocenters. The van der Waals surface area contributed by atoms with Gasteiger partial charge in [0.1, 0.15) is 0 Å². The van der Waals surface area contributed by atoms with Gasteiger partial charge >= 0.3 is 0 Å².